The minimum Gasteiger partial charge on any atom is -0.493 e. The predicted molar refractivity (Wildman–Crippen MR) is 176 cm³/mol. The van der Waals surface area contributed by atoms with Gasteiger partial charge in [-0.25, -0.2) is 0 Å². The van der Waals surface area contributed by atoms with Gasteiger partial charge in [0.15, 0.2) is 0 Å². The molecule has 0 heterocycles. The standard InChI is InChI=1S/C34H32ClN3O4.ClH/c35-27-11-13-28(14-12-27)38-34(40)30-20-24-8-2-4-10-26(24)22-32(30)42-18-6-16-37-33(39)29-19-23-7-1-3-9-25(23)21-31(29)41-17-5-15-36;/h1-4,7-14,19-22H,5-6,15-18,36H2,(H,37,39)(H,38,40);1H. The summed E-state index contributed by atoms with van der Waals surface area (Å²) in [6.07, 6.45) is 1.23. The molecule has 0 aromatic heterocycles. The maximum atomic E-state index is 13.2. The summed E-state index contributed by atoms with van der Waals surface area (Å²) in [5, 5.41) is 10.3. The van der Waals surface area contributed by atoms with Gasteiger partial charge in [-0.15, -0.1) is 12.4 Å². The van der Waals surface area contributed by atoms with Gasteiger partial charge < -0.3 is 25.8 Å². The summed E-state index contributed by atoms with van der Waals surface area (Å²) < 4.78 is 12.0. The average Bonchev–Trinajstić information content (AvgIpc) is 3.01. The van der Waals surface area contributed by atoms with Gasteiger partial charge in [0.1, 0.15) is 11.5 Å². The van der Waals surface area contributed by atoms with Crippen molar-refractivity contribution >= 4 is 63.1 Å². The van der Waals surface area contributed by atoms with Crippen molar-refractivity contribution in [2.75, 3.05) is 31.6 Å². The molecule has 0 fully saturated rings. The van der Waals surface area contributed by atoms with Crippen LogP contribution in [0.25, 0.3) is 21.5 Å². The molecule has 0 aliphatic heterocycles. The normalized spacial score (nSPS) is 10.7. The average molecular weight is 619 g/mol. The van der Waals surface area contributed by atoms with Crippen molar-refractivity contribution in [2.24, 2.45) is 5.73 Å². The van der Waals surface area contributed by atoms with Crippen LogP contribution in [-0.4, -0.2) is 38.1 Å². The van der Waals surface area contributed by atoms with Crippen LogP contribution in [0.4, 0.5) is 5.69 Å². The number of benzene rings is 5. The van der Waals surface area contributed by atoms with Gasteiger partial charge in [0, 0.05) is 17.3 Å². The van der Waals surface area contributed by atoms with E-state index in [0.29, 0.717) is 72.5 Å². The van der Waals surface area contributed by atoms with E-state index in [4.69, 9.17) is 26.8 Å². The Labute approximate surface area is 261 Å². The molecule has 0 spiro atoms. The molecule has 9 heteroatoms. The summed E-state index contributed by atoms with van der Waals surface area (Å²) >= 11 is 5.98. The number of hydrogen-bond acceptors (Lipinski definition) is 5. The predicted octanol–water partition coefficient (Wildman–Crippen LogP) is 7.25. The smallest absolute Gasteiger partial charge is 0.259 e. The largest absolute Gasteiger partial charge is 0.493 e. The summed E-state index contributed by atoms with van der Waals surface area (Å²) in [6, 6.07) is 30.0. The molecule has 5 rings (SSSR count). The van der Waals surface area contributed by atoms with E-state index in [9.17, 15) is 9.59 Å². The van der Waals surface area contributed by atoms with Crippen LogP contribution in [0.15, 0.2) is 97.1 Å². The molecule has 5 aromatic rings. The first-order valence-electron chi connectivity index (χ1n) is 13.9. The van der Waals surface area contributed by atoms with Crippen LogP contribution >= 0.6 is 24.0 Å². The highest BCUT2D eigenvalue weighted by Crippen LogP contribution is 2.28. The first-order valence-corrected chi connectivity index (χ1v) is 14.3. The zero-order valence-electron chi connectivity index (χ0n) is 23.5. The number of hydrogen-bond donors (Lipinski definition) is 3. The van der Waals surface area contributed by atoms with Crippen LogP contribution in [0.1, 0.15) is 33.6 Å². The lowest BCUT2D eigenvalue weighted by Gasteiger charge is -2.15. The molecule has 222 valence electrons. The third-order valence-corrected chi connectivity index (χ3v) is 7.01. The van der Waals surface area contributed by atoms with Gasteiger partial charge in [0.05, 0.1) is 24.3 Å². The Morgan fingerprint density at radius 3 is 1.70 bits per heavy atom. The molecule has 0 aliphatic carbocycles. The zero-order chi connectivity index (χ0) is 29.3. The van der Waals surface area contributed by atoms with Gasteiger partial charge in [-0.3, -0.25) is 9.59 Å². The van der Waals surface area contributed by atoms with Gasteiger partial charge >= 0.3 is 0 Å². The summed E-state index contributed by atoms with van der Waals surface area (Å²) in [4.78, 5) is 26.4. The second-order valence-electron chi connectivity index (χ2n) is 9.80. The van der Waals surface area contributed by atoms with E-state index in [2.05, 4.69) is 10.6 Å². The van der Waals surface area contributed by atoms with Crippen molar-refractivity contribution in [3.8, 4) is 11.5 Å². The lowest BCUT2D eigenvalue weighted by molar-refractivity contribution is 0.0947. The molecule has 0 saturated heterocycles. The van der Waals surface area contributed by atoms with Crippen LogP contribution in [0.3, 0.4) is 0 Å². The van der Waals surface area contributed by atoms with Gasteiger partial charge in [0.25, 0.3) is 11.8 Å². The monoisotopic (exact) mass is 617 g/mol. The van der Waals surface area contributed by atoms with Gasteiger partial charge in [0.2, 0.25) is 0 Å². The Kier molecular flexibility index (Phi) is 11.2. The van der Waals surface area contributed by atoms with Crippen LogP contribution in [0.2, 0.25) is 5.02 Å². The molecule has 0 radical (unpaired) electrons. The fraction of sp³-hybridized carbons (Fsp3) is 0.176. The van der Waals surface area contributed by atoms with E-state index in [0.717, 1.165) is 21.5 Å². The van der Waals surface area contributed by atoms with Crippen molar-refractivity contribution in [3.63, 3.8) is 0 Å². The maximum Gasteiger partial charge on any atom is 0.259 e. The Morgan fingerprint density at radius 2 is 1.16 bits per heavy atom. The van der Waals surface area contributed by atoms with Gasteiger partial charge in [-0.05, 0) is 89.5 Å². The van der Waals surface area contributed by atoms with Crippen molar-refractivity contribution in [2.45, 2.75) is 12.8 Å². The molecule has 5 aromatic carbocycles. The van der Waals surface area contributed by atoms with Gasteiger partial charge in [-0.2, -0.15) is 0 Å². The number of rotatable bonds is 12. The summed E-state index contributed by atoms with van der Waals surface area (Å²) in [6.45, 7) is 1.63. The second-order valence-corrected chi connectivity index (χ2v) is 10.2. The summed E-state index contributed by atoms with van der Waals surface area (Å²) in [5.41, 5.74) is 7.14. The minimum atomic E-state index is -0.287. The number of fused-ring (bicyclic) bond motifs is 2. The lowest BCUT2D eigenvalue weighted by atomic mass is 10.0. The van der Waals surface area contributed by atoms with Crippen molar-refractivity contribution in [3.05, 3.63) is 113 Å². The Morgan fingerprint density at radius 1 is 0.674 bits per heavy atom. The van der Waals surface area contributed by atoms with Crippen LogP contribution in [0, 0.1) is 0 Å². The van der Waals surface area contributed by atoms with Crippen LogP contribution in [0.5, 0.6) is 11.5 Å². The molecule has 0 saturated carbocycles. The Balaban J connectivity index is 0.00000423. The molecular weight excluding hydrogens is 585 g/mol. The number of ether oxygens (including phenoxy) is 2. The fourth-order valence-electron chi connectivity index (χ4n) is 4.58. The number of nitrogens with two attached hydrogens (primary N) is 1. The quantitative estimate of drug-likeness (QED) is 0.128. The van der Waals surface area contributed by atoms with Crippen molar-refractivity contribution < 1.29 is 19.1 Å². The van der Waals surface area contributed by atoms with E-state index < -0.39 is 0 Å². The van der Waals surface area contributed by atoms with E-state index in [1.165, 1.54) is 0 Å². The third kappa shape index (κ3) is 8.17. The Hall–Kier alpha value is -4.30. The topological polar surface area (TPSA) is 103 Å². The summed E-state index contributed by atoms with van der Waals surface area (Å²) in [7, 11) is 0. The van der Waals surface area contributed by atoms with Crippen LogP contribution in [-0.2, 0) is 0 Å². The molecule has 43 heavy (non-hydrogen) atoms. The van der Waals surface area contributed by atoms with E-state index in [1.54, 1.807) is 24.3 Å². The number of carbonyl (C=O) groups is 2. The fourth-order valence-corrected chi connectivity index (χ4v) is 4.71. The number of carbonyl (C=O) groups excluding carboxylic acids is 2. The van der Waals surface area contributed by atoms with E-state index >= 15 is 0 Å². The minimum absolute atomic E-state index is 0. The first-order chi connectivity index (χ1) is 20.5. The lowest BCUT2D eigenvalue weighted by Crippen LogP contribution is -2.26. The SMILES string of the molecule is Cl.NCCCOc1cc2ccccc2cc1C(=O)NCCCOc1cc2ccccc2cc1C(=O)Nc1ccc(Cl)cc1. The molecular formula is C34H33Cl2N3O4. The summed E-state index contributed by atoms with van der Waals surface area (Å²) in [5.74, 6) is 0.488. The molecule has 4 N–H and O–H groups in total. The van der Waals surface area contributed by atoms with E-state index in [1.807, 2.05) is 72.8 Å². The highest BCUT2D eigenvalue weighted by atomic mass is 35.5. The number of halogens is 2. The molecule has 0 bridgehead atoms. The second kappa shape index (κ2) is 15.3. The highest BCUT2D eigenvalue weighted by Gasteiger charge is 2.16. The van der Waals surface area contributed by atoms with E-state index in [-0.39, 0.29) is 24.2 Å². The molecule has 0 unspecified atom stereocenters. The third-order valence-electron chi connectivity index (χ3n) is 6.76. The maximum absolute atomic E-state index is 13.2. The van der Waals surface area contributed by atoms with Gasteiger partial charge in [-0.1, -0.05) is 60.1 Å². The first kappa shape index (κ1) is 31.6. The molecule has 0 aliphatic rings. The Bertz CT molecular complexity index is 1710. The van der Waals surface area contributed by atoms with Crippen molar-refractivity contribution in [1.29, 1.82) is 0 Å². The zero-order valence-corrected chi connectivity index (χ0v) is 25.0. The number of nitrogens with one attached hydrogen (secondary N) is 2. The highest BCUT2D eigenvalue weighted by molar-refractivity contribution is 6.30. The number of amides is 2. The van der Waals surface area contributed by atoms with Crippen molar-refractivity contribution in [1.82, 2.24) is 5.32 Å². The van der Waals surface area contributed by atoms with Crippen LogP contribution < -0.4 is 25.8 Å². The molecule has 0 atom stereocenters. The molecule has 2 amide bonds. The number of anilines is 1. The molecule has 7 nitrogen and oxygen atoms in total.